The molecule has 0 saturated carbocycles. The van der Waals surface area contributed by atoms with Gasteiger partial charge < -0.3 is 10.7 Å². The topological polar surface area (TPSA) is 100 Å². The van der Waals surface area contributed by atoms with E-state index in [0.29, 0.717) is 5.01 Å². The fraction of sp³-hybridized carbons (Fsp3) is 0. The van der Waals surface area contributed by atoms with Crippen LogP contribution in [-0.2, 0) is 0 Å². The predicted octanol–water partition coefficient (Wildman–Crippen LogP) is 1.63. The molecule has 4 N–H and O–H groups in total. The van der Waals surface area contributed by atoms with Crippen molar-refractivity contribution < 1.29 is 4.79 Å². The van der Waals surface area contributed by atoms with E-state index in [2.05, 4.69) is 20.2 Å². The first kappa shape index (κ1) is 10.7. The van der Waals surface area contributed by atoms with Gasteiger partial charge in [-0.1, -0.05) is 0 Å². The van der Waals surface area contributed by atoms with Crippen LogP contribution in [0.1, 0.15) is 10.5 Å². The van der Waals surface area contributed by atoms with E-state index in [4.69, 9.17) is 5.73 Å². The fourth-order valence-electron chi connectivity index (χ4n) is 1.64. The Bertz CT molecular complexity index is 668. The summed E-state index contributed by atoms with van der Waals surface area (Å²) in [6.07, 6.45) is 6.98. The van der Waals surface area contributed by atoms with E-state index in [1.807, 2.05) is 6.07 Å². The van der Waals surface area contributed by atoms with Crippen molar-refractivity contribution in [1.82, 2.24) is 20.2 Å². The second-order valence-electron chi connectivity index (χ2n) is 3.65. The van der Waals surface area contributed by atoms with E-state index >= 15 is 0 Å². The maximum atomic E-state index is 11.4. The van der Waals surface area contributed by atoms with E-state index in [0.717, 1.165) is 16.0 Å². The van der Waals surface area contributed by atoms with Crippen LogP contribution < -0.4 is 5.73 Å². The lowest BCUT2D eigenvalue weighted by Crippen LogP contribution is -2.12. The van der Waals surface area contributed by atoms with Crippen LogP contribution in [0.4, 0.5) is 0 Å². The number of nitrogens with two attached hydrogens (primary N) is 1. The summed E-state index contributed by atoms with van der Waals surface area (Å²) in [6.45, 7) is 0. The number of H-pyrrole nitrogens is 2. The SMILES string of the molecule is NC(=O)c1nc(-c2cn[nH]c2)sc1-c1cc[nH]c1. The number of nitrogens with zero attached hydrogens (tertiary/aromatic N) is 2. The van der Waals surface area contributed by atoms with Gasteiger partial charge in [0.25, 0.3) is 5.91 Å². The highest BCUT2D eigenvalue weighted by molar-refractivity contribution is 7.18. The van der Waals surface area contributed by atoms with E-state index < -0.39 is 5.91 Å². The number of aromatic nitrogens is 4. The first-order valence-electron chi connectivity index (χ1n) is 5.18. The van der Waals surface area contributed by atoms with Crippen LogP contribution in [0.3, 0.4) is 0 Å². The third-order valence-corrected chi connectivity index (χ3v) is 3.62. The lowest BCUT2D eigenvalue weighted by Gasteiger charge is -1.93. The van der Waals surface area contributed by atoms with E-state index in [1.54, 1.807) is 24.8 Å². The molecule has 90 valence electrons. The van der Waals surface area contributed by atoms with Crippen molar-refractivity contribution in [3.63, 3.8) is 0 Å². The molecular weight excluding hydrogens is 250 g/mol. The minimum atomic E-state index is -0.530. The van der Waals surface area contributed by atoms with Crippen molar-refractivity contribution >= 4 is 17.2 Å². The number of thiazole rings is 1. The smallest absolute Gasteiger partial charge is 0.268 e. The van der Waals surface area contributed by atoms with Gasteiger partial charge in [0.1, 0.15) is 10.7 Å². The third-order valence-electron chi connectivity index (χ3n) is 2.47. The summed E-state index contributed by atoms with van der Waals surface area (Å²) in [6, 6.07) is 1.87. The zero-order chi connectivity index (χ0) is 12.5. The third kappa shape index (κ3) is 1.70. The molecule has 0 radical (unpaired) electrons. The van der Waals surface area contributed by atoms with Gasteiger partial charge in [-0.15, -0.1) is 11.3 Å². The average Bonchev–Trinajstić information content (AvgIpc) is 3.10. The maximum Gasteiger partial charge on any atom is 0.268 e. The Hall–Kier alpha value is -2.41. The molecule has 0 aliphatic heterocycles. The van der Waals surface area contributed by atoms with Crippen molar-refractivity contribution in [2.45, 2.75) is 0 Å². The summed E-state index contributed by atoms with van der Waals surface area (Å²) in [7, 11) is 0. The second-order valence-corrected chi connectivity index (χ2v) is 4.65. The van der Waals surface area contributed by atoms with Gasteiger partial charge in [0.05, 0.1) is 11.1 Å². The molecule has 3 rings (SSSR count). The number of hydrogen-bond acceptors (Lipinski definition) is 4. The number of rotatable bonds is 3. The highest BCUT2D eigenvalue weighted by Gasteiger charge is 2.18. The Balaban J connectivity index is 2.16. The molecule has 6 nitrogen and oxygen atoms in total. The molecule has 0 unspecified atom stereocenters. The molecule has 3 aromatic heterocycles. The molecule has 0 aliphatic rings. The van der Waals surface area contributed by atoms with Gasteiger partial charge in [-0.3, -0.25) is 9.89 Å². The molecule has 0 fully saturated rings. The lowest BCUT2D eigenvalue weighted by molar-refractivity contribution is 0.0997. The molecule has 7 heteroatoms. The first-order chi connectivity index (χ1) is 8.75. The molecule has 0 atom stereocenters. The normalized spacial score (nSPS) is 10.7. The summed E-state index contributed by atoms with van der Waals surface area (Å²) in [5, 5.41) is 7.30. The van der Waals surface area contributed by atoms with Crippen LogP contribution in [0.2, 0.25) is 0 Å². The van der Waals surface area contributed by atoms with Crippen LogP contribution >= 0.6 is 11.3 Å². The largest absolute Gasteiger partial charge is 0.367 e. The van der Waals surface area contributed by atoms with Crippen LogP contribution in [0, 0.1) is 0 Å². The van der Waals surface area contributed by atoms with Crippen molar-refractivity contribution in [2.75, 3.05) is 0 Å². The minimum Gasteiger partial charge on any atom is -0.367 e. The Morgan fingerprint density at radius 1 is 1.33 bits per heavy atom. The molecule has 3 heterocycles. The Kier molecular flexibility index (Phi) is 2.45. The predicted molar refractivity (Wildman–Crippen MR) is 68.0 cm³/mol. The average molecular weight is 259 g/mol. The number of aromatic amines is 2. The van der Waals surface area contributed by atoms with Crippen molar-refractivity contribution in [1.29, 1.82) is 0 Å². The Labute approximate surface area is 106 Å². The zero-order valence-corrected chi connectivity index (χ0v) is 9.99. The summed E-state index contributed by atoms with van der Waals surface area (Å²) >= 11 is 1.41. The Morgan fingerprint density at radius 3 is 2.83 bits per heavy atom. The van der Waals surface area contributed by atoms with Crippen LogP contribution in [0.15, 0.2) is 30.9 Å². The summed E-state index contributed by atoms with van der Waals surface area (Å²) < 4.78 is 0. The van der Waals surface area contributed by atoms with Gasteiger partial charge in [0, 0.05) is 29.7 Å². The van der Waals surface area contributed by atoms with Crippen LogP contribution in [-0.4, -0.2) is 26.1 Å². The molecule has 1 amide bonds. The van der Waals surface area contributed by atoms with Gasteiger partial charge in [-0.05, 0) is 6.07 Å². The second kappa shape index (κ2) is 4.11. The molecule has 0 aliphatic carbocycles. The molecule has 3 aromatic rings. The van der Waals surface area contributed by atoms with E-state index in [9.17, 15) is 4.79 Å². The molecule has 0 saturated heterocycles. The number of carbonyl (C=O) groups excluding carboxylic acids is 1. The molecule has 0 bridgehead atoms. The zero-order valence-electron chi connectivity index (χ0n) is 9.18. The summed E-state index contributed by atoms with van der Waals surface area (Å²) in [5.74, 6) is -0.530. The molecule has 0 aromatic carbocycles. The maximum absolute atomic E-state index is 11.4. The number of hydrogen-bond donors (Lipinski definition) is 3. The van der Waals surface area contributed by atoms with Crippen LogP contribution in [0.5, 0.6) is 0 Å². The monoisotopic (exact) mass is 259 g/mol. The van der Waals surface area contributed by atoms with Crippen molar-refractivity contribution in [3.05, 3.63) is 36.5 Å². The number of carbonyl (C=O) groups is 1. The van der Waals surface area contributed by atoms with Crippen LogP contribution in [0.25, 0.3) is 21.0 Å². The number of nitrogens with one attached hydrogen (secondary N) is 2. The minimum absolute atomic E-state index is 0.288. The fourth-order valence-corrected chi connectivity index (χ4v) is 2.69. The molecular formula is C11H9N5OS. The number of primary amides is 1. The van der Waals surface area contributed by atoms with Crippen molar-refractivity contribution in [3.8, 4) is 21.0 Å². The molecule has 0 spiro atoms. The summed E-state index contributed by atoms with van der Waals surface area (Å²) in [5.41, 5.74) is 7.38. The van der Waals surface area contributed by atoms with Gasteiger partial charge in [0.15, 0.2) is 0 Å². The van der Waals surface area contributed by atoms with E-state index in [1.165, 1.54) is 11.3 Å². The summed E-state index contributed by atoms with van der Waals surface area (Å²) in [4.78, 5) is 19.4. The van der Waals surface area contributed by atoms with Crippen molar-refractivity contribution in [2.24, 2.45) is 5.73 Å². The van der Waals surface area contributed by atoms with Gasteiger partial charge >= 0.3 is 0 Å². The highest BCUT2D eigenvalue weighted by atomic mass is 32.1. The van der Waals surface area contributed by atoms with Gasteiger partial charge in [-0.2, -0.15) is 5.10 Å². The Morgan fingerprint density at radius 2 is 2.22 bits per heavy atom. The first-order valence-corrected chi connectivity index (χ1v) is 6.00. The van der Waals surface area contributed by atoms with Gasteiger partial charge in [0.2, 0.25) is 0 Å². The highest BCUT2D eigenvalue weighted by Crippen LogP contribution is 2.34. The lowest BCUT2D eigenvalue weighted by atomic mass is 10.2. The quantitative estimate of drug-likeness (QED) is 0.666. The van der Waals surface area contributed by atoms with Gasteiger partial charge in [-0.25, -0.2) is 4.98 Å². The van der Waals surface area contributed by atoms with E-state index in [-0.39, 0.29) is 5.69 Å². The molecule has 18 heavy (non-hydrogen) atoms. The standard InChI is InChI=1S/C11H9N5OS/c12-10(17)8-9(6-1-2-13-3-6)18-11(16-8)7-4-14-15-5-7/h1-5,13H,(H2,12,17)(H,14,15). The number of amides is 1.